The number of aryl methyl sites for hydroxylation is 2. The van der Waals surface area contributed by atoms with Gasteiger partial charge in [-0.05, 0) is 13.8 Å². The van der Waals surface area contributed by atoms with Crippen molar-refractivity contribution in [3.05, 3.63) is 39.8 Å². The molecule has 0 aliphatic heterocycles. The van der Waals surface area contributed by atoms with Crippen LogP contribution in [0.3, 0.4) is 0 Å². The number of aromatic nitrogens is 3. The highest BCUT2D eigenvalue weighted by molar-refractivity contribution is 6.12. The molecule has 0 fully saturated rings. The maximum absolute atomic E-state index is 12.2. The van der Waals surface area contributed by atoms with Crippen LogP contribution in [0.15, 0.2) is 26.1 Å². The van der Waals surface area contributed by atoms with E-state index < -0.39 is 11.5 Å². The van der Waals surface area contributed by atoms with Gasteiger partial charge in [-0.2, -0.15) is 0 Å². The van der Waals surface area contributed by atoms with Gasteiger partial charge >= 0.3 is 0 Å². The first-order valence-electron chi connectivity index (χ1n) is 5.77. The zero-order valence-corrected chi connectivity index (χ0v) is 10.7. The number of furan rings is 1. The summed E-state index contributed by atoms with van der Waals surface area (Å²) in [6.07, 6.45) is 1.22. The normalized spacial score (nSPS) is 10.9. The molecule has 3 heterocycles. The number of carbonyl (C=O) groups excluding carboxylic acids is 1. The summed E-state index contributed by atoms with van der Waals surface area (Å²) >= 11 is 0. The fourth-order valence-corrected chi connectivity index (χ4v) is 1.93. The Morgan fingerprint density at radius 2 is 2.20 bits per heavy atom. The molecule has 2 N–H and O–H groups in total. The van der Waals surface area contributed by atoms with Gasteiger partial charge in [0.2, 0.25) is 5.71 Å². The zero-order valence-electron chi connectivity index (χ0n) is 10.7. The van der Waals surface area contributed by atoms with Gasteiger partial charge in [-0.15, -0.1) is 0 Å². The third-order valence-electron chi connectivity index (χ3n) is 2.77. The van der Waals surface area contributed by atoms with E-state index in [0.717, 1.165) is 0 Å². The summed E-state index contributed by atoms with van der Waals surface area (Å²) in [5.41, 5.74) is -0.184. The van der Waals surface area contributed by atoms with Crippen molar-refractivity contribution < 1.29 is 13.7 Å². The second kappa shape index (κ2) is 4.34. The number of rotatable bonds is 2. The van der Waals surface area contributed by atoms with Crippen LogP contribution in [0.25, 0.3) is 11.1 Å². The largest absolute Gasteiger partial charge is 0.442 e. The van der Waals surface area contributed by atoms with E-state index in [2.05, 4.69) is 20.4 Å². The quantitative estimate of drug-likeness (QED) is 0.729. The lowest BCUT2D eigenvalue weighted by Gasteiger charge is -1.99. The van der Waals surface area contributed by atoms with Gasteiger partial charge in [0.15, 0.2) is 5.82 Å². The molecule has 0 saturated heterocycles. The summed E-state index contributed by atoms with van der Waals surface area (Å²) in [5, 5.41) is 6.31. The Kier molecular flexibility index (Phi) is 2.63. The summed E-state index contributed by atoms with van der Waals surface area (Å²) in [6, 6.07) is 1.57. The Balaban J connectivity index is 2.07. The lowest BCUT2D eigenvalue weighted by Crippen LogP contribution is -2.16. The number of aromatic amines is 1. The summed E-state index contributed by atoms with van der Waals surface area (Å²) < 4.78 is 10.2. The summed E-state index contributed by atoms with van der Waals surface area (Å²) in [4.78, 5) is 30.3. The number of nitrogens with zero attached hydrogens (tertiary/aromatic N) is 2. The molecule has 0 radical (unpaired) electrons. The van der Waals surface area contributed by atoms with Crippen molar-refractivity contribution in [2.24, 2.45) is 0 Å². The SMILES string of the molecule is Cc1cc(NC(=O)c2c(C)oc3nc[nH]c(=O)c23)no1. The molecule has 3 rings (SSSR count). The van der Waals surface area contributed by atoms with Crippen LogP contribution in [0.5, 0.6) is 0 Å². The van der Waals surface area contributed by atoms with Crippen LogP contribution < -0.4 is 10.9 Å². The van der Waals surface area contributed by atoms with Gasteiger partial charge < -0.3 is 19.2 Å². The van der Waals surface area contributed by atoms with Gasteiger partial charge in [0.1, 0.15) is 16.9 Å². The molecule has 3 aromatic rings. The van der Waals surface area contributed by atoms with Crippen molar-refractivity contribution in [2.75, 3.05) is 5.32 Å². The zero-order chi connectivity index (χ0) is 14.3. The Bertz CT molecular complexity index is 858. The maximum atomic E-state index is 12.2. The minimum Gasteiger partial charge on any atom is -0.442 e. The molecule has 0 aliphatic carbocycles. The molecule has 0 atom stereocenters. The van der Waals surface area contributed by atoms with E-state index in [9.17, 15) is 9.59 Å². The first kappa shape index (κ1) is 12.2. The minimum atomic E-state index is -0.506. The van der Waals surface area contributed by atoms with Gasteiger partial charge in [0.25, 0.3) is 11.5 Å². The van der Waals surface area contributed by atoms with Crippen LogP contribution in [0.1, 0.15) is 21.9 Å². The van der Waals surface area contributed by atoms with E-state index in [1.54, 1.807) is 19.9 Å². The van der Waals surface area contributed by atoms with Crippen molar-refractivity contribution in [3.63, 3.8) is 0 Å². The van der Waals surface area contributed by atoms with Crippen LogP contribution in [0.2, 0.25) is 0 Å². The van der Waals surface area contributed by atoms with Gasteiger partial charge in [-0.3, -0.25) is 9.59 Å². The molecule has 0 aliphatic rings. The molecule has 0 aromatic carbocycles. The van der Waals surface area contributed by atoms with E-state index in [4.69, 9.17) is 8.94 Å². The predicted octanol–water partition coefficient (Wildman–Crippen LogP) is 1.37. The number of amides is 1. The minimum absolute atomic E-state index is 0.114. The van der Waals surface area contributed by atoms with Crippen LogP contribution >= 0.6 is 0 Å². The second-order valence-corrected chi connectivity index (χ2v) is 4.22. The Morgan fingerprint density at radius 3 is 2.90 bits per heavy atom. The maximum Gasteiger partial charge on any atom is 0.262 e. The van der Waals surface area contributed by atoms with Crippen molar-refractivity contribution >= 4 is 22.8 Å². The van der Waals surface area contributed by atoms with Gasteiger partial charge in [-0.1, -0.05) is 5.16 Å². The van der Waals surface area contributed by atoms with Crippen molar-refractivity contribution in [1.82, 2.24) is 15.1 Å². The number of hydrogen-bond donors (Lipinski definition) is 2. The average Bonchev–Trinajstić information content (AvgIpc) is 2.93. The highest BCUT2D eigenvalue weighted by Gasteiger charge is 2.22. The molecule has 3 aromatic heterocycles. The molecule has 0 bridgehead atoms. The lowest BCUT2D eigenvalue weighted by molar-refractivity contribution is 0.102. The second-order valence-electron chi connectivity index (χ2n) is 4.22. The van der Waals surface area contributed by atoms with Crippen molar-refractivity contribution in [3.8, 4) is 0 Å². The molecule has 102 valence electrons. The molecule has 0 saturated carbocycles. The monoisotopic (exact) mass is 274 g/mol. The molecule has 0 spiro atoms. The molecule has 1 amide bonds. The number of fused-ring (bicyclic) bond motifs is 1. The Labute approximate surface area is 111 Å². The highest BCUT2D eigenvalue weighted by Crippen LogP contribution is 2.21. The fourth-order valence-electron chi connectivity index (χ4n) is 1.93. The molecule has 0 unspecified atom stereocenters. The molecule has 8 heteroatoms. The van der Waals surface area contributed by atoms with E-state index in [-0.39, 0.29) is 22.5 Å². The number of hydrogen-bond acceptors (Lipinski definition) is 6. The topological polar surface area (TPSA) is 114 Å². The van der Waals surface area contributed by atoms with Crippen LogP contribution in [0, 0.1) is 13.8 Å². The van der Waals surface area contributed by atoms with Crippen molar-refractivity contribution in [1.29, 1.82) is 0 Å². The Morgan fingerprint density at radius 1 is 1.40 bits per heavy atom. The summed E-state index contributed by atoms with van der Waals surface area (Å²) in [7, 11) is 0. The van der Waals surface area contributed by atoms with Crippen LogP contribution in [-0.4, -0.2) is 21.0 Å². The highest BCUT2D eigenvalue weighted by atomic mass is 16.5. The third-order valence-corrected chi connectivity index (χ3v) is 2.77. The first-order valence-corrected chi connectivity index (χ1v) is 5.77. The van der Waals surface area contributed by atoms with Crippen LogP contribution in [-0.2, 0) is 0 Å². The van der Waals surface area contributed by atoms with Crippen molar-refractivity contribution in [2.45, 2.75) is 13.8 Å². The smallest absolute Gasteiger partial charge is 0.262 e. The predicted molar refractivity (Wildman–Crippen MR) is 68.6 cm³/mol. The van der Waals surface area contributed by atoms with Gasteiger partial charge in [0, 0.05) is 6.07 Å². The molecule has 20 heavy (non-hydrogen) atoms. The average molecular weight is 274 g/mol. The number of anilines is 1. The first-order chi connectivity index (χ1) is 9.56. The summed E-state index contributed by atoms with van der Waals surface area (Å²) in [5.74, 6) is 0.630. The Hall–Kier alpha value is -2.90. The standard InChI is InChI=1S/C12H10N4O4/c1-5-3-7(16-20-5)15-11(18)8-6(2)19-12-9(8)10(17)13-4-14-12/h3-4H,1-2H3,(H,13,14,17)(H,15,16,18). The van der Waals surface area contributed by atoms with Crippen LogP contribution in [0.4, 0.5) is 5.82 Å². The number of nitrogens with one attached hydrogen (secondary N) is 2. The van der Waals surface area contributed by atoms with E-state index in [1.165, 1.54) is 6.33 Å². The lowest BCUT2D eigenvalue weighted by atomic mass is 10.2. The molecular weight excluding hydrogens is 264 g/mol. The summed E-state index contributed by atoms with van der Waals surface area (Å²) in [6.45, 7) is 3.29. The number of H-pyrrole nitrogens is 1. The molecule has 8 nitrogen and oxygen atoms in total. The van der Waals surface area contributed by atoms with E-state index in [0.29, 0.717) is 11.5 Å². The van der Waals surface area contributed by atoms with Gasteiger partial charge in [-0.25, -0.2) is 4.98 Å². The van der Waals surface area contributed by atoms with E-state index >= 15 is 0 Å². The third kappa shape index (κ3) is 1.87. The number of carbonyl (C=O) groups is 1. The van der Waals surface area contributed by atoms with E-state index in [1.807, 2.05) is 0 Å². The van der Waals surface area contributed by atoms with Gasteiger partial charge in [0.05, 0.1) is 11.9 Å². The fraction of sp³-hybridized carbons (Fsp3) is 0.167. The molecular formula is C12H10N4O4.